The molecule has 0 aliphatic rings. The van der Waals surface area contributed by atoms with Crippen molar-refractivity contribution in [2.24, 2.45) is 5.73 Å². The summed E-state index contributed by atoms with van der Waals surface area (Å²) >= 11 is 6.00. The molecule has 0 bridgehead atoms. The molecular formula is C17H16ClN3O. The second-order valence-corrected chi connectivity index (χ2v) is 6.19. The molecule has 3 aromatic rings. The minimum atomic E-state index is -0.380. The predicted molar refractivity (Wildman–Crippen MR) is 89.9 cm³/mol. The quantitative estimate of drug-likeness (QED) is 0.790. The van der Waals surface area contributed by atoms with E-state index in [1.165, 1.54) is 6.07 Å². The Hall–Kier alpha value is -2.17. The van der Waals surface area contributed by atoms with Gasteiger partial charge >= 0.3 is 0 Å². The normalized spacial score (nSPS) is 11.8. The van der Waals surface area contributed by atoms with Gasteiger partial charge in [-0.05, 0) is 42.7 Å². The molecule has 0 atom stereocenters. The van der Waals surface area contributed by atoms with Crippen molar-refractivity contribution in [2.75, 3.05) is 0 Å². The van der Waals surface area contributed by atoms with Crippen LogP contribution in [0.15, 0.2) is 53.5 Å². The van der Waals surface area contributed by atoms with E-state index in [-0.39, 0.29) is 11.1 Å². The highest BCUT2D eigenvalue weighted by molar-refractivity contribution is 6.18. The van der Waals surface area contributed by atoms with Crippen LogP contribution in [0.5, 0.6) is 0 Å². The molecule has 2 N–H and O–H groups in total. The predicted octanol–water partition coefficient (Wildman–Crippen LogP) is 3.26. The molecule has 0 radical (unpaired) electrons. The van der Waals surface area contributed by atoms with Gasteiger partial charge in [0.15, 0.2) is 5.65 Å². The van der Waals surface area contributed by atoms with Crippen molar-refractivity contribution in [2.45, 2.75) is 19.4 Å². The van der Waals surface area contributed by atoms with Crippen LogP contribution in [0.2, 0.25) is 0 Å². The summed E-state index contributed by atoms with van der Waals surface area (Å²) in [5, 5.41) is 0.830. The van der Waals surface area contributed by atoms with Crippen molar-refractivity contribution in [3.63, 3.8) is 0 Å². The lowest BCUT2D eigenvalue weighted by atomic mass is 9.93. The Morgan fingerprint density at radius 3 is 2.41 bits per heavy atom. The van der Waals surface area contributed by atoms with E-state index in [1.807, 2.05) is 44.2 Å². The second-order valence-electron chi connectivity index (χ2n) is 5.85. The van der Waals surface area contributed by atoms with Gasteiger partial charge in [0.05, 0.1) is 0 Å². The first-order chi connectivity index (χ1) is 10.4. The first kappa shape index (κ1) is 14.8. The van der Waals surface area contributed by atoms with Gasteiger partial charge in [-0.1, -0.05) is 24.3 Å². The zero-order valence-corrected chi connectivity index (χ0v) is 13.1. The summed E-state index contributed by atoms with van der Waals surface area (Å²) in [6.07, 6.45) is 1.65. The van der Waals surface area contributed by atoms with Crippen LogP contribution in [0.25, 0.3) is 22.2 Å². The monoisotopic (exact) mass is 313 g/mol. The van der Waals surface area contributed by atoms with Crippen molar-refractivity contribution in [1.29, 1.82) is 0 Å². The molecule has 0 spiro atoms. The molecule has 0 saturated heterocycles. The molecule has 0 aliphatic heterocycles. The molecule has 2 heterocycles. The van der Waals surface area contributed by atoms with Crippen LogP contribution in [0.4, 0.5) is 0 Å². The fraction of sp³-hybridized carbons (Fsp3) is 0.176. The summed E-state index contributed by atoms with van der Waals surface area (Å²) in [7, 11) is 0. The Balaban J connectivity index is 2.19. The number of fused-ring (bicyclic) bond motifs is 1. The van der Waals surface area contributed by atoms with Crippen LogP contribution in [-0.2, 0) is 5.54 Å². The lowest BCUT2D eigenvalue weighted by Gasteiger charge is -2.19. The molecule has 0 unspecified atom stereocenters. The molecule has 3 rings (SSSR count). The van der Waals surface area contributed by atoms with Gasteiger partial charge in [-0.3, -0.25) is 4.79 Å². The summed E-state index contributed by atoms with van der Waals surface area (Å²) in [6.45, 7) is 3.94. The number of nitrogens with zero attached hydrogens (tertiary/aromatic N) is 2. The third-order valence-electron chi connectivity index (χ3n) is 3.68. The molecule has 112 valence electrons. The summed E-state index contributed by atoms with van der Waals surface area (Å²) in [5.74, 6) is 0. The summed E-state index contributed by atoms with van der Waals surface area (Å²) < 4.78 is 1.04. The van der Waals surface area contributed by atoms with Crippen molar-refractivity contribution in [3.05, 3.63) is 64.6 Å². The van der Waals surface area contributed by atoms with E-state index in [1.54, 1.807) is 12.3 Å². The smallest absolute Gasteiger partial charge is 0.266 e. The largest absolute Gasteiger partial charge is 0.322 e. The van der Waals surface area contributed by atoms with E-state index in [0.717, 1.165) is 26.2 Å². The maximum atomic E-state index is 11.6. The number of halogens is 1. The van der Waals surface area contributed by atoms with Crippen molar-refractivity contribution in [1.82, 2.24) is 9.07 Å². The minimum Gasteiger partial charge on any atom is -0.322 e. The molecular weight excluding hydrogens is 298 g/mol. The first-order valence-electron chi connectivity index (χ1n) is 6.94. The lowest BCUT2D eigenvalue weighted by molar-refractivity contribution is 0.554. The topological polar surface area (TPSA) is 60.9 Å². The van der Waals surface area contributed by atoms with Gasteiger partial charge in [0.1, 0.15) is 0 Å². The van der Waals surface area contributed by atoms with Crippen LogP contribution in [0.3, 0.4) is 0 Å². The molecule has 1 aromatic carbocycles. The average Bonchev–Trinajstić information content (AvgIpc) is 2.50. The standard InChI is InChI=1S/C17H16ClN3O/c1-17(2,19)12-5-3-11(4-6-12)13-9-10-20-16-14(13)7-8-15(22)21(16)18/h3-10H,19H2,1-2H3. The van der Waals surface area contributed by atoms with Gasteiger partial charge in [0.2, 0.25) is 0 Å². The van der Waals surface area contributed by atoms with Crippen LogP contribution >= 0.6 is 11.8 Å². The van der Waals surface area contributed by atoms with E-state index >= 15 is 0 Å². The Morgan fingerprint density at radius 2 is 1.77 bits per heavy atom. The van der Waals surface area contributed by atoms with Gasteiger partial charge < -0.3 is 5.73 Å². The fourth-order valence-electron chi connectivity index (χ4n) is 2.44. The molecule has 4 nitrogen and oxygen atoms in total. The van der Waals surface area contributed by atoms with E-state index in [0.29, 0.717) is 5.65 Å². The van der Waals surface area contributed by atoms with Crippen LogP contribution < -0.4 is 11.3 Å². The third-order valence-corrected chi connectivity index (χ3v) is 4.01. The molecule has 0 aliphatic carbocycles. The van der Waals surface area contributed by atoms with Gasteiger partial charge in [-0.25, -0.2) is 4.98 Å². The fourth-order valence-corrected chi connectivity index (χ4v) is 2.63. The molecule has 0 saturated carbocycles. The Kier molecular flexibility index (Phi) is 3.51. The van der Waals surface area contributed by atoms with Crippen LogP contribution in [0, 0.1) is 0 Å². The van der Waals surface area contributed by atoms with E-state index in [9.17, 15) is 4.79 Å². The van der Waals surface area contributed by atoms with Crippen molar-refractivity contribution < 1.29 is 0 Å². The van der Waals surface area contributed by atoms with Crippen LogP contribution in [0.1, 0.15) is 19.4 Å². The first-order valence-corrected chi connectivity index (χ1v) is 7.28. The maximum absolute atomic E-state index is 11.6. The van der Waals surface area contributed by atoms with Crippen molar-refractivity contribution >= 4 is 22.8 Å². The molecule has 2 aromatic heterocycles. The summed E-state index contributed by atoms with van der Waals surface area (Å²) in [4.78, 5) is 15.8. The number of rotatable bonds is 2. The number of hydrogen-bond donors (Lipinski definition) is 1. The highest BCUT2D eigenvalue weighted by Gasteiger charge is 2.14. The van der Waals surface area contributed by atoms with Gasteiger partial charge in [0.25, 0.3) is 5.56 Å². The minimum absolute atomic E-state index is 0.293. The Labute approximate surface area is 133 Å². The van der Waals surface area contributed by atoms with E-state index < -0.39 is 0 Å². The highest BCUT2D eigenvalue weighted by Crippen LogP contribution is 2.28. The Bertz CT molecular complexity index is 892. The van der Waals surface area contributed by atoms with Crippen molar-refractivity contribution in [3.8, 4) is 11.1 Å². The zero-order valence-electron chi connectivity index (χ0n) is 12.4. The number of hydrogen-bond acceptors (Lipinski definition) is 3. The second kappa shape index (κ2) is 5.23. The molecule has 0 amide bonds. The zero-order chi connectivity index (χ0) is 15.9. The number of nitrogens with two attached hydrogens (primary N) is 1. The number of pyridine rings is 2. The third kappa shape index (κ3) is 2.51. The van der Waals surface area contributed by atoms with Gasteiger partial charge in [-0.2, -0.15) is 4.09 Å². The number of aromatic nitrogens is 2. The Morgan fingerprint density at radius 1 is 1.09 bits per heavy atom. The average molecular weight is 314 g/mol. The lowest BCUT2D eigenvalue weighted by Crippen LogP contribution is -2.28. The SMILES string of the molecule is CC(C)(N)c1ccc(-c2ccnc3c2ccc(=O)n3Cl)cc1. The highest BCUT2D eigenvalue weighted by atomic mass is 35.5. The molecule has 22 heavy (non-hydrogen) atoms. The van der Waals surface area contributed by atoms with Gasteiger partial charge in [0, 0.05) is 35.0 Å². The molecule has 0 fully saturated rings. The summed E-state index contributed by atoms with van der Waals surface area (Å²) in [5.41, 5.74) is 8.94. The maximum Gasteiger partial charge on any atom is 0.266 e. The number of benzene rings is 1. The van der Waals surface area contributed by atoms with Gasteiger partial charge in [-0.15, -0.1) is 0 Å². The summed E-state index contributed by atoms with van der Waals surface area (Å²) in [6, 6.07) is 13.2. The van der Waals surface area contributed by atoms with Crippen LogP contribution in [-0.4, -0.2) is 9.07 Å². The molecule has 5 heteroatoms. The van der Waals surface area contributed by atoms with E-state index in [2.05, 4.69) is 4.98 Å². The van der Waals surface area contributed by atoms with E-state index in [4.69, 9.17) is 17.5 Å².